The monoisotopic (exact) mass is 316 g/mol. The van der Waals surface area contributed by atoms with Crippen molar-refractivity contribution < 1.29 is 9.18 Å². The molecule has 0 atom stereocenters. The van der Waals surface area contributed by atoms with Gasteiger partial charge in [-0.3, -0.25) is 4.79 Å². The van der Waals surface area contributed by atoms with E-state index in [4.69, 9.17) is 0 Å². The summed E-state index contributed by atoms with van der Waals surface area (Å²) in [7, 11) is 4.03. The molecule has 3 nitrogen and oxygen atoms in total. The molecule has 1 rings (SSSR count). The Hall–Kier alpha value is -0.940. The lowest BCUT2D eigenvalue weighted by Crippen LogP contribution is -2.25. The summed E-state index contributed by atoms with van der Waals surface area (Å²) >= 11 is 3.24. The third kappa shape index (κ3) is 5.14. The van der Waals surface area contributed by atoms with Crippen LogP contribution < -0.4 is 5.32 Å². The second-order valence-corrected chi connectivity index (χ2v) is 5.24. The van der Waals surface area contributed by atoms with Crippen molar-refractivity contribution in [3.8, 4) is 0 Å². The average Bonchev–Trinajstić information content (AvgIpc) is 2.31. The predicted octanol–water partition coefficient (Wildman–Crippen LogP) is 2.66. The predicted molar refractivity (Wildman–Crippen MR) is 74.2 cm³/mol. The fraction of sp³-hybridized carbons (Fsp3) is 0.462. The number of hydrogen-bond donors (Lipinski definition) is 1. The first-order valence-corrected chi connectivity index (χ1v) is 6.68. The van der Waals surface area contributed by atoms with Crippen molar-refractivity contribution in [1.29, 1.82) is 0 Å². The molecular formula is C13H18BrFN2O. The fourth-order valence-corrected chi connectivity index (χ4v) is 1.95. The molecule has 0 bridgehead atoms. The van der Waals surface area contributed by atoms with Gasteiger partial charge in [-0.15, -0.1) is 0 Å². The van der Waals surface area contributed by atoms with Crippen LogP contribution in [0.3, 0.4) is 0 Å². The molecule has 1 amide bonds. The zero-order chi connectivity index (χ0) is 13.5. The van der Waals surface area contributed by atoms with E-state index in [0.29, 0.717) is 16.6 Å². The summed E-state index contributed by atoms with van der Waals surface area (Å²) < 4.78 is 13.6. The van der Waals surface area contributed by atoms with Crippen molar-refractivity contribution >= 4 is 21.8 Å². The van der Waals surface area contributed by atoms with Crippen molar-refractivity contribution in [2.75, 3.05) is 27.2 Å². The number of unbranched alkanes of at least 4 members (excludes halogenated alkanes) is 1. The molecule has 1 aromatic rings. The van der Waals surface area contributed by atoms with E-state index in [2.05, 4.69) is 26.1 Å². The molecule has 0 aliphatic carbocycles. The zero-order valence-corrected chi connectivity index (χ0v) is 12.3. The number of carbonyl (C=O) groups is 1. The largest absolute Gasteiger partial charge is 0.352 e. The Morgan fingerprint density at radius 1 is 1.39 bits per heavy atom. The summed E-state index contributed by atoms with van der Waals surface area (Å²) in [5.41, 5.74) is 0.336. The number of rotatable bonds is 6. The molecule has 1 aromatic carbocycles. The third-order valence-corrected chi connectivity index (χ3v) is 3.18. The molecule has 100 valence electrons. The van der Waals surface area contributed by atoms with Crippen LogP contribution in [0.5, 0.6) is 0 Å². The van der Waals surface area contributed by atoms with E-state index < -0.39 is 5.82 Å². The average molecular weight is 317 g/mol. The van der Waals surface area contributed by atoms with Gasteiger partial charge in [0.2, 0.25) is 0 Å². The highest BCUT2D eigenvalue weighted by molar-refractivity contribution is 9.10. The minimum absolute atomic E-state index is 0.244. The van der Waals surface area contributed by atoms with Crippen molar-refractivity contribution in [3.05, 3.63) is 34.1 Å². The van der Waals surface area contributed by atoms with Gasteiger partial charge < -0.3 is 10.2 Å². The normalized spacial score (nSPS) is 10.7. The van der Waals surface area contributed by atoms with Gasteiger partial charge in [0, 0.05) is 11.0 Å². The van der Waals surface area contributed by atoms with Crippen LogP contribution in [0.15, 0.2) is 22.7 Å². The van der Waals surface area contributed by atoms with Gasteiger partial charge in [0.25, 0.3) is 5.91 Å². The van der Waals surface area contributed by atoms with Gasteiger partial charge in [-0.2, -0.15) is 0 Å². The van der Waals surface area contributed by atoms with Gasteiger partial charge in [-0.25, -0.2) is 4.39 Å². The molecule has 0 fully saturated rings. The smallest absolute Gasteiger partial charge is 0.252 e. The molecule has 0 aliphatic rings. The van der Waals surface area contributed by atoms with Crippen molar-refractivity contribution in [2.45, 2.75) is 12.8 Å². The quantitative estimate of drug-likeness (QED) is 0.818. The molecule has 1 N–H and O–H groups in total. The van der Waals surface area contributed by atoms with Gasteiger partial charge in [-0.1, -0.05) is 0 Å². The van der Waals surface area contributed by atoms with Crippen LogP contribution in [0.25, 0.3) is 0 Å². The number of halogens is 2. The van der Waals surface area contributed by atoms with Gasteiger partial charge in [-0.05, 0) is 67.6 Å². The van der Waals surface area contributed by atoms with Crippen molar-refractivity contribution in [1.82, 2.24) is 10.2 Å². The lowest BCUT2D eigenvalue weighted by atomic mass is 10.2. The Labute approximate surface area is 115 Å². The summed E-state index contributed by atoms with van der Waals surface area (Å²) in [6.45, 7) is 1.61. The van der Waals surface area contributed by atoms with Crippen LogP contribution in [0.1, 0.15) is 23.2 Å². The summed E-state index contributed by atoms with van der Waals surface area (Å²) in [4.78, 5) is 13.9. The number of benzene rings is 1. The van der Waals surface area contributed by atoms with E-state index in [1.54, 1.807) is 0 Å². The van der Waals surface area contributed by atoms with E-state index in [0.717, 1.165) is 19.4 Å². The Bertz CT molecular complexity index is 410. The number of amides is 1. The highest BCUT2D eigenvalue weighted by atomic mass is 79.9. The number of hydrogen-bond acceptors (Lipinski definition) is 2. The lowest BCUT2D eigenvalue weighted by Gasteiger charge is -2.10. The third-order valence-electron chi connectivity index (χ3n) is 2.49. The molecule has 18 heavy (non-hydrogen) atoms. The van der Waals surface area contributed by atoms with Crippen LogP contribution in [-0.4, -0.2) is 38.0 Å². The van der Waals surface area contributed by atoms with Crippen molar-refractivity contribution in [3.63, 3.8) is 0 Å². The molecule has 0 saturated carbocycles. The minimum atomic E-state index is -0.407. The number of nitrogens with one attached hydrogen (secondary N) is 1. The Morgan fingerprint density at radius 3 is 2.78 bits per heavy atom. The van der Waals surface area contributed by atoms with Crippen LogP contribution in [0.4, 0.5) is 4.39 Å². The topological polar surface area (TPSA) is 32.3 Å². The summed E-state index contributed by atoms with van der Waals surface area (Å²) in [6.07, 6.45) is 1.94. The molecule has 0 aromatic heterocycles. The maximum absolute atomic E-state index is 13.0. The van der Waals surface area contributed by atoms with E-state index in [1.807, 2.05) is 14.1 Å². The summed E-state index contributed by atoms with van der Waals surface area (Å²) in [6, 6.07) is 4.09. The maximum atomic E-state index is 13.0. The summed E-state index contributed by atoms with van der Waals surface area (Å²) in [5.74, 6) is -0.651. The maximum Gasteiger partial charge on any atom is 0.252 e. The summed E-state index contributed by atoms with van der Waals surface area (Å²) in [5, 5.41) is 2.79. The van der Waals surface area contributed by atoms with Gasteiger partial charge in [0.1, 0.15) is 5.82 Å². The standard InChI is InChI=1S/C13H18BrFN2O/c1-17(2)8-4-3-7-16-13(18)11-9-10(15)5-6-12(11)14/h5-6,9H,3-4,7-8H2,1-2H3,(H,16,18). The molecule has 0 aliphatic heterocycles. The number of nitrogens with zero attached hydrogens (tertiary/aromatic N) is 1. The minimum Gasteiger partial charge on any atom is -0.352 e. The Kier molecular flexibility index (Phi) is 6.29. The SMILES string of the molecule is CN(C)CCCCNC(=O)c1cc(F)ccc1Br. The molecule has 0 unspecified atom stereocenters. The van der Waals surface area contributed by atoms with Gasteiger partial charge in [0.15, 0.2) is 0 Å². The Balaban J connectivity index is 2.39. The van der Waals surface area contributed by atoms with E-state index in [1.165, 1.54) is 18.2 Å². The molecule has 0 heterocycles. The van der Waals surface area contributed by atoms with Crippen molar-refractivity contribution in [2.24, 2.45) is 0 Å². The van der Waals surface area contributed by atoms with Crippen LogP contribution in [0.2, 0.25) is 0 Å². The molecule has 0 radical (unpaired) electrons. The highest BCUT2D eigenvalue weighted by Crippen LogP contribution is 2.17. The van der Waals surface area contributed by atoms with E-state index in [-0.39, 0.29) is 5.91 Å². The van der Waals surface area contributed by atoms with E-state index in [9.17, 15) is 9.18 Å². The molecule has 5 heteroatoms. The Morgan fingerprint density at radius 2 is 2.11 bits per heavy atom. The van der Waals surface area contributed by atoms with Crippen LogP contribution in [-0.2, 0) is 0 Å². The van der Waals surface area contributed by atoms with E-state index >= 15 is 0 Å². The van der Waals surface area contributed by atoms with Gasteiger partial charge in [0.05, 0.1) is 5.56 Å². The first-order valence-electron chi connectivity index (χ1n) is 5.88. The molecule has 0 spiro atoms. The highest BCUT2D eigenvalue weighted by Gasteiger charge is 2.10. The molecule has 0 saturated heterocycles. The second kappa shape index (κ2) is 7.48. The first-order chi connectivity index (χ1) is 8.50. The fourth-order valence-electron chi connectivity index (χ4n) is 1.52. The number of carbonyl (C=O) groups excluding carboxylic acids is 1. The zero-order valence-electron chi connectivity index (χ0n) is 10.7. The van der Waals surface area contributed by atoms with Crippen LogP contribution >= 0.6 is 15.9 Å². The van der Waals surface area contributed by atoms with Gasteiger partial charge >= 0.3 is 0 Å². The molecular weight excluding hydrogens is 299 g/mol. The second-order valence-electron chi connectivity index (χ2n) is 4.39. The lowest BCUT2D eigenvalue weighted by molar-refractivity contribution is 0.0951. The first kappa shape index (κ1) is 15.1. The van der Waals surface area contributed by atoms with Crippen LogP contribution in [0, 0.1) is 5.82 Å².